The van der Waals surface area contributed by atoms with E-state index in [0.29, 0.717) is 17.5 Å². The summed E-state index contributed by atoms with van der Waals surface area (Å²) in [5.41, 5.74) is 10.3. The molecule has 1 aliphatic heterocycles. The summed E-state index contributed by atoms with van der Waals surface area (Å²) in [6.45, 7) is 10.7. The lowest BCUT2D eigenvalue weighted by Crippen LogP contribution is -2.34. The highest BCUT2D eigenvalue weighted by Gasteiger charge is 2.25. The Bertz CT molecular complexity index is 1080. The highest BCUT2D eigenvalue weighted by Crippen LogP contribution is 2.30. The van der Waals surface area contributed by atoms with E-state index in [2.05, 4.69) is 30.8 Å². The lowest BCUT2D eigenvalue weighted by atomic mass is 9.92. The molecule has 1 aliphatic rings. The summed E-state index contributed by atoms with van der Waals surface area (Å²) in [5.74, 6) is 1.25. The molecule has 2 aromatic heterocycles. The number of nitrogens with two attached hydrogens (primary N) is 1. The zero-order valence-corrected chi connectivity index (χ0v) is 18.8. The molecule has 7 nitrogen and oxygen atoms in total. The highest BCUT2D eigenvalue weighted by molar-refractivity contribution is 5.69. The lowest BCUT2D eigenvalue weighted by Gasteiger charge is -2.32. The standard InChI is InChI=1S/C24H31N5O2/c1-16(30)31-19-9-7-17(8-10-19)14-28-11-5-6-18(15-28)20-12-22(25)29-23(26-20)13-21(27-29)24(2,3)4/h7-10,12-13,18H,5-6,11,14-15,25H2,1-4H3. The first-order valence-electron chi connectivity index (χ1n) is 10.9. The average Bonchev–Trinajstić information content (AvgIpc) is 3.15. The number of carbonyl (C=O) groups excluding carboxylic acids is 1. The van der Waals surface area contributed by atoms with Gasteiger partial charge in [-0.25, -0.2) is 4.98 Å². The third-order valence-electron chi connectivity index (χ3n) is 5.76. The Balaban J connectivity index is 1.49. The molecule has 0 amide bonds. The van der Waals surface area contributed by atoms with Crippen LogP contribution in [0.4, 0.5) is 5.82 Å². The van der Waals surface area contributed by atoms with Crippen molar-refractivity contribution in [1.29, 1.82) is 0 Å². The Morgan fingerprint density at radius 2 is 1.97 bits per heavy atom. The number of hydrogen-bond donors (Lipinski definition) is 1. The summed E-state index contributed by atoms with van der Waals surface area (Å²) in [6.07, 6.45) is 2.22. The minimum absolute atomic E-state index is 0.0487. The molecule has 0 saturated carbocycles. The van der Waals surface area contributed by atoms with Crippen molar-refractivity contribution in [1.82, 2.24) is 19.5 Å². The van der Waals surface area contributed by atoms with Crippen LogP contribution in [0.15, 0.2) is 36.4 Å². The minimum atomic E-state index is -0.303. The molecular weight excluding hydrogens is 390 g/mol. The fourth-order valence-electron chi connectivity index (χ4n) is 4.12. The number of esters is 1. The van der Waals surface area contributed by atoms with Crippen molar-refractivity contribution in [3.05, 3.63) is 53.3 Å². The highest BCUT2D eigenvalue weighted by atomic mass is 16.5. The van der Waals surface area contributed by atoms with Crippen molar-refractivity contribution in [3.63, 3.8) is 0 Å². The largest absolute Gasteiger partial charge is 0.427 e. The van der Waals surface area contributed by atoms with Gasteiger partial charge in [0.15, 0.2) is 5.65 Å². The predicted octanol–water partition coefficient (Wildman–Crippen LogP) is 3.91. The number of rotatable bonds is 4. The average molecular weight is 422 g/mol. The monoisotopic (exact) mass is 421 g/mol. The Morgan fingerprint density at radius 3 is 2.65 bits per heavy atom. The number of benzene rings is 1. The summed E-state index contributed by atoms with van der Waals surface area (Å²) < 4.78 is 6.87. The van der Waals surface area contributed by atoms with Crippen molar-refractivity contribution < 1.29 is 9.53 Å². The van der Waals surface area contributed by atoms with E-state index >= 15 is 0 Å². The van der Waals surface area contributed by atoms with Crippen LogP contribution in [0.5, 0.6) is 5.75 Å². The van der Waals surface area contributed by atoms with Gasteiger partial charge in [-0.3, -0.25) is 9.69 Å². The zero-order chi connectivity index (χ0) is 22.2. The third-order valence-corrected chi connectivity index (χ3v) is 5.76. The second-order valence-electron chi connectivity index (χ2n) is 9.47. The first-order valence-corrected chi connectivity index (χ1v) is 10.9. The van der Waals surface area contributed by atoms with Gasteiger partial charge in [0.1, 0.15) is 11.6 Å². The Morgan fingerprint density at radius 1 is 1.23 bits per heavy atom. The van der Waals surface area contributed by atoms with Crippen molar-refractivity contribution in [2.24, 2.45) is 0 Å². The number of piperidine rings is 1. The molecule has 164 valence electrons. The van der Waals surface area contributed by atoms with Crippen LogP contribution in [0.1, 0.15) is 63.4 Å². The second-order valence-corrected chi connectivity index (χ2v) is 9.47. The van der Waals surface area contributed by atoms with E-state index in [1.54, 1.807) is 4.52 Å². The molecule has 3 heterocycles. The van der Waals surface area contributed by atoms with E-state index in [0.717, 1.165) is 49.5 Å². The van der Waals surface area contributed by atoms with Crippen LogP contribution in [0, 0.1) is 0 Å². The normalized spacial score (nSPS) is 17.7. The van der Waals surface area contributed by atoms with Gasteiger partial charge < -0.3 is 10.5 Å². The first-order chi connectivity index (χ1) is 14.7. The van der Waals surface area contributed by atoms with E-state index in [9.17, 15) is 4.79 Å². The summed E-state index contributed by atoms with van der Waals surface area (Å²) >= 11 is 0. The molecule has 1 aromatic carbocycles. The molecule has 7 heteroatoms. The van der Waals surface area contributed by atoms with Crippen molar-refractivity contribution in [2.75, 3.05) is 18.8 Å². The molecule has 2 N–H and O–H groups in total. The zero-order valence-electron chi connectivity index (χ0n) is 18.8. The number of carbonyl (C=O) groups is 1. The minimum Gasteiger partial charge on any atom is -0.427 e. The van der Waals surface area contributed by atoms with Gasteiger partial charge in [-0.15, -0.1) is 0 Å². The van der Waals surface area contributed by atoms with Gasteiger partial charge in [-0.05, 0) is 37.1 Å². The van der Waals surface area contributed by atoms with Gasteiger partial charge in [0.05, 0.1) is 11.4 Å². The van der Waals surface area contributed by atoms with E-state index < -0.39 is 0 Å². The van der Waals surface area contributed by atoms with Crippen LogP contribution in [-0.4, -0.2) is 38.6 Å². The number of hydrogen-bond acceptors (Lipinski definition) is 6. The Kier molecular flexibility index (Phi) is 5.71. The van der Waals surface area contributed by atoms with Crippen molar-refractivity contribution >= 4 is 17.4 Å². The number of nitrogens with zero attached hydrogens (tertiary/aromatic N) is 4. The van der Waals surface area contributed by atoms with Crippen LogP contribution in [0.25, 0.3) is 5.65 Å². The van der Waals surface area contributed by atoms with Gasteiger partial charge in [-0.1, -0.05) is 32.9 Å². The molecule has 3 aromatic rings. The Hall–Kier alpha value is -2.93. The van der Waals surface area contributed by atoms with Gasteiger partial charge >= 0.3 is 5.97 Å². The van der Waals surface area contributed by atoms with Crippen molar-refractivity contribution in [2.45, 2.75) is 58.4 Å². The molecule has 1 fully saturated rings. The van der Waals surface area contributed by atoms with Gasteiger partial charge in [0.2, 0.25) is 0 Å². The number of aromatic nitrogens is 3. The first kappa shape index (κ1) is 21.3. The van der Waals surface area contributed by atoms with E-state index in [1.807, 2.05) is 36.4 Å². The Labute approximate surface area is 183 Å². The molecular formula is C24H31N5O2. The molecule has 0 spiro atoms. The maximum atomic E-state index is 11.1. The lowest BCUT2D eigenvalue weighted by molar-refractivity contribution is -0.131. The number of likely N-dealkylation sites (tertiary alicyclic amines) is 1. The summed E-state index contributed by atoms with van der Waals surface area (Å²) in [4.78, 5) is 18.5. The van der Waals surface area contributed by atoms with E-state index in [1.165, 1.54) is 12.5 Å². The maximum absolute atomic E-state index is 11.1. The summed E-state index contributed by atoms with van der Waals surface area (Å²) in [6, 6.07) is 11.8. The fourth-order valence-corrected chi connectivity index (χ4v) is 4.12. The van der Waals surface area contributed by atoms with Gasteiger partial charge in [-0.2, -0.15) is 9.61 Å². The molecule has 1 atom stereocenters. The van der Waals surface area contributed by atoms with Crippen LogP contribution in [0.2, 0.25) is 0 Å². The second kappa shape index (κ2) is 8.30. The molecule has 1 saturated heterocycles. The topological polar surface area (TPSA) is 85.8 Å². The van der Waals surface area contributed by atoms with Crippen LogP contribution < -0.4 is 10.5 Å². The number of ether oxygens (including phenoxy) is 1. The molecule has 4 rings (SSSR count). The van der Waals surface area contributed by atoms with Crippen molar-refractivity contribution in [3.8, 4) is 5.75 Å². The van der Waals surface area contributed by atoms with Crippen LogP contribution in [-0.2, 0) is 16.8 Å². The fraction of sp³-hybridized carbons (Fsp3) is 0.458. The van der Waals surface area contributed by atoms with E-state index in [-0.39, 0.29) is 11.4 Å². The quantitative estimate of drug-likeness (QED) is 0.508. The molecule has 0 bridgehead atoms. The number of fused-ring (bicyclic) bond motifs is 1. The van der Waals surface area contributed by atoms with Crippen LogP contribution >= 0.6 is 0 Å². The SMILES string of the molecule is CC(=O)Oc1ccc(CN2CCCC(c3cc(N)n4nc(C(C)(C)C)cc4n3)C2)cc1. The van der Waals surface area contributed by atoms with Gasteiger partial charge in [0, 0.05) is 43.5 Å². The molecule has 31 heavy (non-hydrogen) atoms. The van der Waals surface area contributed by atoms with E-state index in [4.69, 9.17) is 15.5 Å². The molecule has 1 unspecified atom stereocenters. The number of nitrogen functional groups attached to an aromatic ring is 1. The number of anilines is 1. The summed E-state index contributed by atoms with van der Waals surface area (Å²) in [5, 5.41) is 4.65. The molecule has 0 radical (unpaired) electrons. The van der Waals surface area contributed by atoms with Crippen LogP contribution in [0.3, 0.4) is 0 Å². The summed E-state index contributed by atoms with van der Waals surface area (Å²) in [7, 11) is 0. The maximum Gasteiger partial charge on any atom is 0.308 e. The predicted molar refractivity (Wildman–Crippen MR) is 121 cm³/mol. The smallest absolute Gasteiger partial charge is 0.308 e. The van der Waals surface area contributed by atoms with Gasteiger partial charge in [0.25, 0.3) is 0 Å². The third kappa shape index (κ3) is 4.88. The molecule has 0 aliphatic carbocycles.